The van der Waals surface area contributed by atoms with Crippen LogP contribution < -0.4 is 5.32 Å². The standard InChI is InChI=1S/C13H11ClN2O4S2/c1-7(17)10-6-21-13(15-10)16-12(18)8-3-4-9(14)11(5-8)22(2,19)20/h3-6H,1-2H3,(H,15,16,18). The first-order valence-electron chi connectivity index (χ1n) is 5.96. The zero-order valence-electron chi connectivity index (χ0n) is 11.6. The van der Waals surface area contributed by atoms with E-state index in [2.05, 4.69) is 10.3 Å². The third-order valence-corrected chi connectivity index (χ3v) is 5.01. The van der Waals surface area contributed by atoms with Gasteiger partial charge >= 0.3 is 0 Å². The molecule has 0 saturated heterocycles. The van der Waals surface area contributed by atoms with Crippen LogP contribution in [-0.4, -0.2) is 31.3 Å². The van der Waals surface area contributed by atoms with Crippen LogP contribution in [0, 0.1) is 0 Å². The van der Waals surface area contributed by atoms with Crippen LogP contribution in [0.1, 0.15) is 27.8 Å². The number of nitrogens with zero attached hydrogens (tertiary/aromatic N) is 1. The summed E-state index contributed by atoms with van der Waals surface area (Å²) in [7, 11) is -3.54. The Balaban J connectivity index is 2.28. The van der Waals surface area contributed by atoms with Crippen molar-refractivity contribution in [2.75, 3.05) is 11.6 Å². The highest BCUT2D eigenvalue weighted by molar-refractivity contribution is 7.90. The van der Waals surface area contributed by atoms with Crippen LogP contribution in [0.25, 0.3) is 0 Å². The first kappa shape index (κ1) is 16.6. The average molecular weight is 359 g/mol. The summed E-state index contributed by atoms with van der Waals surface area (Å²) in [5.41, 5.74) is 0.387. The fraction of sp³-hybridized carbons (Fsp3) is 0.154. The molecule has 0 saturated carbocycles. The lowest BCUT2D eigenvalue weighted by molar-refractivity contribution is 0.100. The van der Waals surface area contributed by atoms with Crippen LogP contribution in [0.4, 0.5) is 5.13 Å². The van der Waals surface area contributed by atoms with E-state index in [1.54, 1.807) is 0 Å². The average Bonchev–Trinajstić information content (AvgIpc) is 2.86. The third-order valence-electron chi connectivity index (χ3n) is 2.68. The number of thiazole rings is 1. The number of ketones is 1. The summed E-state index contributed by atoms with van der Waals surface area (Å²) in [6.45, 7) is 1.37. The van der Waals surface area contributed by atoms with Crippen molar-refractivity contribution in [3.05, 3.63) is 39.9 Å². The highest BCUT2D eigenvalue weighted by atomic mass is 35.5. The van der Waals surface area contributed by atoms with Crippen molar-refractivity contribution in [3.63, 3.8) is 0 Å². The number of Topliss-reactive ketones (excluding diaryl/α,β-unsaturated/α-hetero) is 1. The van der Waals surface area contributed by atoms with E-state index in [-0.39, 0.29) is 32.1 Å². The second-order valence-corrected chi connectivity index (χ2v) is 7.72. The van der Waals surface area contributed by atoms with Gasteiger partial charge in [-0.15, -0.1) is 11.3 Å². The molecule has 0 bridgehead atoms. The quantitative estimate of drug-likeness (QED) is 0.848. The van der Waals surface area contributed by atoms with E-state index in [4.69, 9.17) is 11.6 Å². The topological polar surface area (TPSA) is 93.2 Å². The summed E-state index contributed by atoms with van der Waals surface area (Å²) in [5, 5.41) is 4.34. The number of carbonyl (C=O) groups is 2. The van der Waals surface area contributed by atoms with Crippen LogP contribution in [0.15, 0.2) is 28.5 Å². The minimum absolute atomic E-state index is 0.0483. The van der Waals surface area contributed by atoms with Crippen molar-refractivity contribution in [2.45, 2.75) is 11.8 Å². The van der Waals surface area contributed by atoms with Crippen molar-refractivity contribution >= 4 is 49.6 Å². The van der Waals surface area contributed by atoms with E-state index in [9.17, 15) is 18.0 Å². The normalized spacial score (nSPS) is 11.2. The van der Waals surface area contributed by atoms with Gasteiger partial charge in [-0.05, 0) is 18.2 Å². The number of halogens is 1. The molecule has 0 aliphatic heterocycles. The number of nitrogens with one attached hydrogen (secondary N) is 1. The van der Waals surface area contributed by atoms with E-state index in [0.717, 1.165) is 17.6 Å². The van der Waals surface area contributed by atoms with Gasteiger partial charge in [-0.3, -0.25) is 14.9 Å². The zero-order valence-corrected chi connectivity index (χ0v) is 14.0. The zero-order chi connectivity index (χ0) is 16.5. The maximum atomic E-state index is 12.1. The molecular weight excluding hydrogens is 348 g/mol. The molecule has 0 aliphatic carbocycles. The van der Waals surface area contributed by atoms with Crippen LogP contribution in [0.2, 0.25) is 5.02 Å². The van der Waals surface area contributed by atoms with Crippen molar-refractivity contribution in [2.24, 2.45) is 0 Å². The Morgan fingerprint density at radius 3 is 2.55 bits per heavy atom. The minimum Gasteiger partial charge on any atom is -0.298 e. The van der Waals surface area contributed by atoms with E-state index < -0.39 is 15.7 Å². The highest BCUT2D eigenvalue weighted by Gasteiger charge is 2.17. The first-order chi connectivity index (χ1) is 10.2. The van der Waals surface area contributed by atoms with Gasteiger partial charge < -0.3 is 0 Å². The Morgan fingerprint density at radius 1 is 1.32 bits per heavy atom. The summed E-state index contributed by atoms with van der Waals surface area (Å²) >= 11 is 6.93. The second-order valence-electron chi connectivity index (χ2n) is 4.47. The lowest BCUT2D eigenvalue weighted by atomic mass is 10.2. The fourth-order valence-corrected chi connectivity index (χ4v) is 3.64. The number of benzene rings is 1. The van der Waals surface area contributed by atoms with Crippen LogP contribution in [0.3, 0.4) is 0 Å². The van der Waals surface area contributed by atoms with E-state index in [1.165, 1.54) is 30.5 Å². The monoisotopic (exact) mass is 358 g/mol. The maximum absolute atomic E-state index is 12.1. The van der Waals surface area contributed by atoms with Crippen LogP contribution >= 0.6 is 22.9 Å². The molecule has 0 spiro atoms. The molecule has 9 heteroatoms. The van der Waals surface area contributed by atoms with Gasteiger partial charge in [0.25, 0.3) is 5.91 Å². The number of carbonyl (C=O) groups excluding carboxylic acids is 2. The molecule has 1 heterocycles. The van der Waals surface area contributed by atoms with Crippen LogP contribution in [0.5, 0.6) is 0 Å². The Hall–Kier alpha value is -1.77. The lowest BCUT2D eigenvalue weighted by Gasteiger charge is -2.06. The predicted molar refractivity (Wildman–Crippen MR) is 84.6 cm³/mol. The molecule has 0 radical (unpaired) electrons. The molecule has 22 heavy (non-hydrogen) atoms. The summed E-state index contributed by atoms with van der Waals surface area (Å²) in [6.07, 6.45) is 1.01. The molecule has 1 amide bonds. The van der Waals surface area contributed by atoms with E-state index in [1.807, 2.05) is 0 Å². The van der Waals surface area contributed by atoms with Gasteiger partial charge in [0.05, 0.1) is 9.92 Å². The summed E-state index contributed by atoms with van der Waals surface area (Å²) < 4.78 is 23.2. The number of hydrogen-bond acceptors (Lipinski definition) is 6. The molecule has 1 aromatic carbocycles. The molecule has 2 aromatic rings. The maximum Gasteiger partial charge on any atom is 0.257 e. The largest absolute Gasteiger partial charge is 0.298 e. The van der Waals surface area contributed by atoms with Gasteiger partial charge in [-0.2, -0.15) is 0 Å². The second kappa shape index (κ2) is 6.15. The number of anilines is 1. The molecule has 1 aromatic heterocycles. The van der Waals surface area contributed by atoms with Gasteiger partial charge in [0.15, 0.2) is 20.8 Å². The lowest BCUT2D eigenvalue weighted by Crippen LogP contribution is -2.13. The van der Waals surface area contributed by atoms with Gasteiger partial charge in [-0.25, -0.2) is 13.4 Å². The Labute approximate surface area is 136 Å². The molecule has 0 aliphatic rings. The van der Waals surface area contributed by atoms with E-state index >= 15 is 0 Å². The summed E-state index contributed by atoms with van der Waals surface area (Å²) in [6, 6.07) is 3.95. The molecule has 6 nitrogen and oxygen atoms in total. The van der Waals surface area contributed by atoms with E-state index in [0.29, 0.717) is 0 Å². The molecular formula is C13H11ClN2O4S2. The first-order valence-corrected chi connectivity index (χ1v) is 9.11. The number of aromatic nitrogens is 1. The minimum atomic E-state index is -3.54. The van der Waals surface area contributed by atoms with Gasteiger partial charge in [0.1, 0.15) is 5.69 Å². The molecule has 0 atom stereocenters. The Bertz CT molecular complexity index is 859. The van der Waals surface area contributed by atoms with Gasteiger partial charge in [0, 0.05) is 24.1 Å². The van der Waals surface area contributed by atoms with Crippen LogP contribution in [-0.2, 0) is 9.84 Å². The summed E-state index contributed by atoms with van der Waals surface area (Å²) in [5.74, 6) is -0.742. The third kappa shape index (κ3) is 3.70. The molecule has 2 rings (SSSR count). The Kier molecular flexibility index (Phi) is 4.64. The molecule has 116 valence electrons. The predicted octanol–water partition coefficient (Wildman–Crippen LogP) is 2.65. The highest BCUT2D eigenvalue weighted by Crippen LogP contribution is 2.23. The van der Waals surface area contributed by atoms with Crippen molar-refractivity contribution < 1.29 is 18.0 Å². The van der Waals surface area contributed by atoms with Gasteiger partial charge in [0.2, 0.25) is 0 Å². The number of amides is 1. The smallest absolute Gasteiger partial charge is 0.257 e. The summed E-state index contributed by atoms with van der Waals surface area (Å²) in [4.78, 5) is 27.1. The molecule has 0 fully saturated rings. The van der Waals surface area contributed by atoms with Crippen molar-refractivity contribution in [1.82, 2.24) is 4.98 Å². The fourth-order valence-electron chi connectivity index (χ4n) is 1.59. The van der Waals surface area contributed by atoms with Gasteiger partial charge in [-0.1, -0.05) is 11.6 Å². The Morgan fingerprint density at radius 2 is 2.00 bits per heavy atom. The number of hydrogen-bond donors (Lipinski definition) is 1. The van der Waals surface area contributed by atoms with Crippen molar-refractivity contribution in [1.29, 1.82) is 0 Å². The molecule has 0 unspecified atom stereocenters. The van der Waals surface area contributed by atoms with Crippen molar-refractivity contribution in [3.8, 4) is 0 Å². The molecule has 1 N–H and O–H groups in total. The number of rotatable bonds is 4. The SMILES string of the molecule is CC(=O)c1csc(NC(=O)c2ccc(Cl)c(S(C)(=O)=O)c2)n1. The number of sulfone groups is 1.